The SMILES string of the molecule is O=C(O)C1CCCCC1CONC1CCC(CC2CCC(NC(=O)C3CCC([N+](=O)[O-])CC3C(=O)O)CC2)CC1. The predicted molar refractivity (Wildman–Crippen MR) is 146 cm³/mol. The number of nitrogens with zero attached hydrogens (tertiary/aromatic N) is 1. The van der Waals surface area contributed by atoms with E-state index >= 15 is 0 Å². The van der Waals surface area contributed by atoms with Gasteiger partial charge in [0.05, 0.1) is 24.4 Å². The van der Waals surface area contributed by atoms with E-state index in [0.717, 1.165) is 77.0 Å². The first-order valence-corrected chi connectivity index (χ1v) is 15.5. The molecule has 226 valence electrons. The maximum Gasteiger partial charge on any atom is 0.307 e. The number of hydroxylamine groups is 1. The van der Waals surface area contributed by atoms with Crippen molar-refractivity contribution in [3.63, 3.8) is 0 Å². The van der Waals surface area contributed by atoms with Crippen LogP contribution >= 0.6 is 0 Å². The summed E-state index contributed by atoms with van der Waals surface area (Å²) < 4.78 is 0. The van der Waals surface area contributed by atoms with Crippen LogP contribution in [0.4, 0.5) is 0 Å². The summed E-state index contributed by atoms with van der Waals surface area (Å²) in [7, 11) is 0. The summed E-state index contributed by atoms with van der Waals surface area (Å²) >= 11 is 0. The van der Waals surface area contributed by atoms with E-state index in [4.69, 9.17) is 4.84 Å². The van der Waals surface area contributed by atoms with Gasteiger partial charge in [-0.15, -0.1) is 0 Å². The highest BCUT2D eigenvalue weighted by Crippen LogP contribution is 2.37. The van der Waals surface area contributed by atoms with Crippen LogP contribution < -0.4 is 10.8 Å². The molecule has 40 heavy (non-hydrogen) atoms. The highest BCUT2D eigenvalue weighted by atomic mass is 16.6. The van der Waals surface area contributed by atoms with Crippen molar-refractivity contribution < 1.29 is 34.4 Å². The molecule has 0 saturated heterocycles. The van der Waals surface area contributed by atoms with E-state index in [1.807, 2.05) is 0 Å². The second-order valence-corrected chi connectivity index (χ2v) is 12.9. The van der Waals surface area contributed by atoms with Crippen LogP contribution in [-0.2, 0) is 19.2 Å². The zero-order chi connectivity index (χ0) is 28.6. The van der Waals surface area contributed by atoms with Gasteiger partial charge in [-0.3, -0.25) is 24.5 Å². The molecule has 0 aromatic rings. The van der Waals surface area contributed by atoms with E-state index in [0.29, 0.717) is 24.5 Å². The Kier molecular flexibility index (Phi) is 11.2. The van der Waals surface area contributed by atoms with Crippen molar-refractivity contribution in [3.8, 4) is 0 Å². The van der Waals surface area contributed by atoms with Crippen molar-refractivity contribution in [2.45, 2.75) is 121 Å². The molecular weight excluding hydrogens is 518 g/mol. The fourth-order valence-corrected chi connectivity index (χ4v) is 7.77. The minimum absolute atomic E-state index is 0.0495. The molecule has 5 unspecified atom stereocenters. The monoisotopic (exact) mass is 565 g/mol. The van der Waals surface area contributed by atoms with Crippen molar-refractivity contribution in [3.05, 3.63) is 10.1 Å². The number of nitrogens with one attached hydrogen (secondary N) is 2. The summed E-state index contributed by atoms with van der Waals surface area (Å²) in [6.45, 7) is 0.466. The lowest BCUT2D eigenvalue weighted by Crippen LogP contribution is -2.47. The Labute approximate surface area is 236 Å². The molecule has 4 saturated carbocycles. The fourth-order valence-electron chi connectivity index (χ4n) is 7.77. The largest absolute Gasteiger partial charge is 0.481 e. The van der Waals surface area contributed by atoms with Gasteiger partial charge < -0.3 is 20.4 Å². The van der Waals surface area contributed by atoms with Gasteiger partial charge in [-0.2, -0.15) is 5.48 Å². The standard InChI is InChI=1S/C29H47N3O8/c33-27(25-14-13-23(32(38)39)16-26(25)29(36)37)30-21-9-5-18(6-10-21)15-19-7-11-22(12-8-19)31-40-17-20-3-1-2-4-24(20)28(34)35/h18-26,31H,1-17H2,(H,30,33)(H,34,35)(H,36,37). The van der Waals surface area contributed by atoms with Crippen molar-refractivity contribution >= 4 is 17.8 Å². The summed E-state index contributed by atoms with van der Waals surface area (Å²) in [6, 6.07) is -0.510. The molecule has 4 N–H and O–H groups in total. The summed E-state index contributed by atoms with van der Waals surface area (Å²) in [5.74, 6) is -2.63. The van der Waals surface area contributed by atoms with Crippen LogP contribution in [0.3, 0.4) is 0 Å². The van der Waals surface area contributed by atoms with Crippen LogP contribution in [0.15, 0.2) is 0 Å². The molecule has 4 fully saturated rings. The van der Waals surface area contributed by atoms with Crippen molar-refractivity contribution in [1.29, 1.82) is 0 Å². The molecule has 4 aliphatic rings. The molecule has 0 bridgehead atoms. The van der Waals surface area contributed by atoms with Gasteiger partial charge in [0.15, 0.2) is 0 Å². The number of carbonyl (C=O) groups is 3. The number of aliphatic carboxylic acids is 2. The first kappa shape index (κ1) is 30.7. The van der Waals surface area contributed by atoms with E-state index in [1.165, 1.54) is 6.42 Å². The smallest absolute Gasteiger partial charge is 0.307 e. The molecule has 0 aromatic carbocycles. The molecular formula is C29H47N3O8. The average molecular weight is 566 g/mol. The van der Waals surface area contributed by atoms with E-state index in [9.17, 15) is 34.7 Å². The van der Waals surface area contributed by atoms with Gasteiger partial charge in [0.25, 0.3) is 0 Å². The molecule has 11 nitrogen and oxygen atoms in total. The number of carboxylic acids is 2. The molecule has 0 heterocycles. The van der Waals surface area contributed by atoms with Gasteiger partial charge in [-0.1, -0.05) is 12.8 Å². The Morgan fingerprint density at radius 3 is 1.95 bits per heavy atom. The molecule has 0 aliphatic heterocycles. The maximum atomic E-state index is 12.9. The first-order chi connectivity index (χ1) is 19.2. The number of carbonyl (C=O) groups excluding carboxylic acids is 1. The lowest BCUT2D eigenvalue weighted by atomic mass is 9.75. The van der Waals surface area contributed by atoms with Crippen LogP contribution in [0.5, 0.6) is 0 Å². The summed E-state index contributed by atoms with van der Waals surface area (Å²) in [5, 5.41) is 33.2. The third kappa shape index (κ3) is 8.38. The minimum atomic E-state index is -1.12. The zero-order valence-electron chi connectivity index (χ0n) is 23.5. The fraction of sp³-hybridized carbons (Fsp3) is 0.897. The summed E-state index contributed by atoms with van der Waals surface area (Å²) in [6.07, 6.45) is 13.7. The lowest BCUT2D eigenvalue weighted by Gasteiger charge is -2.36. The third-order valence-corrected chi connectivity index (χ3v) is 10.3. The molecule has 4 aliphatic carbocycles. The molecule has 0 aromatic heterocycles. The molecule has 0 spiro atoms. The van der Waals surface area contributed by atoms with Gasteiger partial charge >= 0.3 is 11.9 Å². The highest BCUT2D eigenvalue weighted by Gasteiger charge is 2.44. The number of hydrogen-bond acceptors (Lipinski definition) is 7. The topological polar surface area (TPSA) is 168 Å². The van der Waals surface area contributed by atoms with Crippen molar-refractivity contribution in [1.82, 2.24) is 10.8 Å². The Morgan fingerprint density at radius 1 is 0.750 bits per heavy atom. The van der Waals surface area contributed by atoms with E-state index in [2.05, 4.69) is 10.8 Å². The van der Waals surface area contributed by atoms with E-state index < -0.39 is 34.7 Å². The van der Waals surface area contributed by atoms with Gasteiger partial charge in [0.2, 0.25) is 11.9 Å². The number of carboxylic acid groups (broad SMARTS) is 2. The first-order valence-electron chi connectivity index (χ1n) is 15.5. The summed E-state index contributed by atoms with van der Waals surface area (Å²) in [4.78, 5) is 52.6. The van der Waals surface area contributed by atoms with Crippen LogP contribution in [0.1, 0.15) is 103 Å². The number of hydrogen-bond donors (Lipinski definition) is 4. The lowest BCUT2D eigenvalue weighted by molar-refractivity contribution is -0.528. The Bertz CT molecular complexity index is 885. The maximum absolute atomic E-state index is 12.9. The minimum Gasteiger partial charge on any atom is -0.481 e. The number of nitro groups is 1. The molecule has 4 rings (SSSR count). The van der Waals surface area contributed by atoms with Crippen LogP contribution in [0.25, 0.3) is 0 Å². The highest BCUT2D eigenvalue weighted by molar-refractivity contribution is 5.85. The van der Waals surface area contributed by atoms with E-state index in [-0.39, 0.29) is 43.0 Å². The van der Waals surface area contributed by atoms with Gasteiger partial charge in [-0.25, -0.2) is 0 Å². The third-order valence-electron chi connectivity index (χ3n) is 10.3. The van der Waals surface area contributed by atoms with Gasteiger partial charge in [0.1, 0.15) is 0 Å². The van der Waals surface area contributed by atoms with Gasteiger partial charge in [0, 0.05) is 29.8 Å². The average Bonchev–Trinajstić information content (AvgIpc) is 2.94. The van der Waals surface area contributed by atoms with Crippen LogP contribution in [0.2, 0.25) is 0 Å². The Morgan fingerprint density at radius 2 is 1.35 bits per heavy atom. The zero-order valence-corrected chi connectivity index (χ0v) is 23.5. The van der Waals surface area contributed by atoms with Crippen LogP contribution in [-0.4, -0.2) is 57.7 Å². The second-order valence-electron chi connectivity index (χ2n) is 12.9. The Hall–Kier alpha value is -2.27. The number of rotatable bonds is 11. The quantitative estimate of drug-likeness (QED) is 0.212. The summed E-state index contributed by atoms with van der Waals surface area (Å²) in [5.41, 5.74) is 3.22. The normalized spacial score (nSPS) is 36.9. The second kappa shape index (κ2) is 14.6. The van der Waals surface area contributed by atoms with Crippen molar-refractivity contribution in [2.24, 2.45) is 35.5 Å². The Balaban J connectivity index is 1.11. The molecule has 1 amide bonds. The van der Waals surface area contributed by atoms with E-state index in [1.54, 1.807) is 0 Å². The van der Waals surface area contributed by atoms with Crippen molar-refractivity contribution in [2.75, 3.05) is 6.61 Å². The molecule has 11 heteroatoms. The molecule has 0 radical (unpaired) electrons. The van der Waals surface area contributed by atoms with Crippen LogP contribution in [0, 0.1) is 45.6 Å². The molecule has 5 atom stereocenters. The number of amides is 1. The predicted octanol–water partition coefficient (Wildman–Crippen LogP) is 4.17. The van der Waals surface area contributed by atoms with Gasteiger partial charge in [-0.05, 0) is 94.8 Å².